The zero-order valence-electron chi connectivity index (χ0n) is 11.4. The topological polar surface area (TPSA) is 60.9 Å². The third-order valence-electron chi connectivity index (χ3n) is 3.46. The minimum absolute atomic E-state index is 0.0262. The molecule has 1 heterocycles. The second kappa shape index (κ2) is 7.55. The van der Waals surface area contributed by atoms with Gasteiger partial charge in [0.05, 0.1) is 12.0 Å². The Bertz CT molecular complexity index is 545. The van der Waals surface area contributed by atoms with E-state index in [4.69, 9.17) is 5.11 Å². The van der Waals surface area contributed by atoms with E-state index in [1.807, 2.05) is 23.1 Å². The summed E-state index contributed by atoms with van der Waals surface area (Å²) in [7, 11) is 0. The minimum Gasteiger partial charge on any atom is -0.481 e. The third kappa shape index (κ3) is 4.65. The molecule has 0 atom stereocenters. The number of halogens is 2. The van der Waals surface area contributed by atoms with Crippen molar-refractivity contribution in [3.8, 4) is 0 Å². The Labute approximate surface area is 145 Å². The highest BCUT2D eigenvalue weighted by Crippen LogP contribution is 2.21. The van der Waals surface area contributed by atoms with Gasteiger partial charge in [0, 0.05) is 40.8 Å². The van der Waals surface area contributed by atoms with Gasteiger partial charge >= 0.3 is 5.97 Å². The van der Waals surface area contributed by atoms with Crippen LogP contribution in [0.25, 0.3) is 0 Å². The van der Waals surface area contributed by atoms with Gasteiger partial charge in [-0.1, -0.05) is 0 Å². The molecule has 0 spiro atoms. The molecule has 1 saturated heterocycles. The number of aliphatic carboxylic acids is 1. The Morgan fingerprint density at radius 1 is 1.24 bits per heavy atom. The monoisotopic (exact) mass is 466 g/mol. The molecule has 2 rings (SSSR count). The molecule has 1 aliphatic heterocycles. The predicted octanol–water partition coefficient (Wildman–Crippen LogP) is 2.29. The number of piperazine rings is 1. The molecule has 0 aromatic heterocycles. The van der Waals surface area contributed by atoms with Crippen LogP contribution in [0.3, 0.4) is 0 Å². The van der Waals surface area contributed by atoms with Crippen molar-refractivity contribution in [2.24, 2.45) is 0 Å². The summed E-state index contributed by atoms with van der Waals surface area (Å²) in [6.45, 7) is 3.26. The van der Waals surface area contributed by atoms with Gasteiger partial charge in [-0.15, -0.1) is 0 Å². The first-order valence-corrected chi connectivity index (χ1v) is 8.53. The van der Waals surface area contributed by atoms with E-state index in [0.29, 0.717) is 25.2 Å². The lowest BCUT2D eigenvalue weighted by atomic mass is 10.2. The number of carbonyl (C=O) groups excluding carboxylic acids is 1. The Morgan fingerprint density at radius 3 is 2.52 bits per heavy atom. The second-order valence-corrected chi connectivity index (χ2v) is 7.00. The fourth-order valence-corrected chi connectivity index (χ4v) is 3.17. The van der Waals surface area contributed by atoms with Crippen LogP contribution in [-0.4, -0.2) is 59.5 Å². The smallest absolute Gasteiger partial charge is 0.304 e. The van der Waals surface area contributed by atoms with Crippen molar-refractivity contribution >= 4 is 50.4 Å². The molecule has 1 fully saturated rings. The molecule has 0 saturated carbocycles. The van der Waals surface area contributed by atoms with Gasteiger partial charge in [-0.2, -0.15) is 0 Å². The highest BCUT2D eigenvalue weighted by molar-refractivity contribution is 14.1. The molecule has 1 aromatic carbocycles. The first kappa shape index (κ1) is 16.7. The van der Waals surface area contributed by atoms with Crippen molar-refractivity contribution in [3.05, 3.63) is 31.8 Å². The zero-order chi connectivity index (χ0) is 15.4. The summed E-state index contributed by atoms with van der Waals surface area (Å²) < 4.78 is 1.83. The van der Waals surface area contributed by atoms with Crippen molar-refractivity contribution in [2.45, 2.75) is 6.42 Å². The lowest BCUT2D eigenvalue weighted by Gasteiger charge is -2.34. The van der Waals surface area contributed by atoms with E-state index < -0.39 is 5.97 Å². The van der Waals surface area contributed by atoms with Crippen LogP contribution in [0.4, 0.5) is 0 Å². The van der Waals surface area contributed by atoms with Gasteiger partial charge < -0.3 is 10.0 Å². The molecule has 0 bridgehead atoms. The average molecular weight is 467 g/mol. The molecule has 1 N–H and O–H groups in total. The summed E-state index contributed by atoms with van der Waals surface area (Å²) in [5.74, 6) is -0.755. The summed E-state index contributed by atoms with van der Waals surface area (Å²) in [6.07, 6.45) is 0.149. The molecule has 114 valence electrons. The highest BCUT2D eigenvalue weighted by atomic mass is 127. The summed E-state index contributed by atoms with van der Waals surface area (Å²) in [5, 5.41) is 8.69. The zero-order valence-corrected chi connectivity index (χ0v) is 15.1. The van der Waals surface area contributed by atoms with Crippen LogP contribution >= 0.6 is 38.5 Å². The number of hydrogen-bond donors (Lipinski definition) is 1. The van der Waals surface area contributed by atoms with Crippen molar-refractivity contribution in [1.29, 1.82) is 0 Å². The van der Waals surface area contributed by atoms with Crippen molar-refractivity contribution < 1.29 is 14.7 Å². The number of amides is 1. The van der Waals surface area contributed by atoms with Crippen molar-refractivity contribution in [3.63, 3.8) is 0 Å². The van der Waals surface area contributed by atoms with Gasteiger partial charge in [0.25, 0.3) is 5.91 Å². The normalized spacial score (nSPS) is 16.0. The number of rotatable bonds is 4. The van der Waals surface area contributed by atoms with Crippen LogP contribution in [0, 0.1) is 3.57 Å². The van der Waals surface area contributed by atoms with Gasteiger partial charge in [0.1, 0.15) is 0 Å². The lowest BCUT2D eigenvalue weighted by molar-refractivity contribution is -0.137. The fraction of sp³-hybridized carbons (Fsp3) is 0.429. The number of nitrogens with zero attached hydrogens (tertiary/aromatic N) is 2. The molecule has 0 aliphatic carbocycles. The number of carboxylic acid groups (broad SMARTS) is 1. The predicted molar refractivity (Wildman–Crippen MR) is 91.5 cm³/mol. The van der Waals surface area contributed by atoms with Crippen molar-refractivity contribution in [1.82, 2.24) is 9.80 Å². The van der Waals surface area contributed by atoms with Gasteiger partial charge in [-0.3, -0.25) is 14.5 Å². The molecular formula is C14H16BrIN2O3. The average Bonchev–Trinajstić information content (AvgIpc) is 2.47. The van der Waals surface area contributed by atoms with Gasteiger partial charge in [-0.05, 0) is 56.7 Å². The third-order valence-corrected chi connectivity index (χ3v) is 4.82. The van der Waals surface area contributed by atoms with E-state index in [2.05, 4.69) is 43.4 Å². The minimum atomic E-state index is -0.781. The van der Waals surface area contributed by atoms with Crippen LogP contribution in [0.1, 0.15) is 16.8 Å². The SMILES string of the molecule is O=C(O)CCN1CCN(C(=O)c2cc(I)ccc2Br)CC1. The maximum Gasteiger partial charge on any atom is 0.304 e. The number of hydrogen-bond acceptors (Lipinski definition) is 3. The maximum atomic E-state index is 12.5. The maximum absolute atomic E-state index is 12.5. The summed E-state index contributed by atoms with van der Waals surface area (Å²) in [6, 6.07) is 5.72. The van der Waals surface area contributed by atoms with Gasteiger partial charge in [-0.25, -0.2) is 0 Å². The second-order valence-electron chi connectivity index (χ2n) is 4.90. The lowest BCUT2D eigenvalue weighted by Crippen LogP contribution is -2.49. The fourth-order valence-electron chi connectivity index (χ4n) is 2.26. The Kier molecular flexibility index (Phi) is 6.00. The standard InChI is InChI=1S/C14H16BrIN2O3/c15-12-2-1-10(16)9-11(12)14(21)18-7-5-17(6-8-18)4-3-13(19)20/h1-2,9H,3-8H2,(H,19,20). The largest absolute Gasteiger partial charge is 0.481 e. The van der Waals surface area contributed by atoms with Crippen LogP contribution in [-0.2, 0) is 4.79 Å². The number of carbonyl (C=O) groups is 2. The van der Waals surface area contributed by atoms with E-state index in [1.165, 1.54) is 0 Å². The Balaban J connectivity index is 1.94. The summed E-state index contributed by atoms with van der Waals surface area (Å²) >= 11 is 5.61. The molecule has 21 heavy (non-hydrogen) atoms. The molecule has 5 nitrogen and oxygen atoms in total. The molecular weight excluding hydrogens is 451 g/mol. The van der Waals surface area contributed by atoms with E-state index in [-0.39, 0.29) is 12.3 Å². The van der Waals surface area contributed by atoms with Crippen LogP contribution in [0.2, 0.25) is 0 Å². The highest BCUT2D eigenvalue weighted by Gasteiger charge is 2.23. The van der Waals surface area contributed by atoms with E-state index >= 15 is 0 Å². The summed E-state index contributed by atoms with van der Waals surface area (Å²) in [5.41, 5.74) is 0.681. The first-order chi connectivity index (χ1) is 9.97. The number of benzene rings is 1. The van der Waals surface area contributed by atoms with Gasteiger partial charge in [0.2, 0.25) is 0 Å². The molecule has 1 amide bonds. The molecule has 1 aromatic rings. The van der Waals surface area contributed by atoms with E-state index in [0.717, 1.165) is 21.1 Å². The molecule has 1 aliphatic rings. The van der Waals surface area contributed by atoms with Crippen LogP contribution in [0.15, 0.2) is 22.7 Å². The number of carboxylic acids is 1. The Hall–Kier alpha value is -0.670. The first-order valence-electron chi connectivity index (χ1n) is 6.66. The van der Waals surface area contributed by atoms with Crippen molar-refractivity contribution in [2.75, 3.05) is 32.7 Å². The summed E-state index contributed by atoms with van der Waals surface area (Å²) in [4.78, 5) is 27.0. The van der Waals surface area contributed by atoms with Crippen LogP contribution < -0.4 is 0 Å². The van der Waals surface area contributed by atoms with Gasteiger partial charge in [0.15, 0.2) is 0 Å². The quantitative estimate of drug-likeness (QED) is 0.691. The van der Waals surface area contributed by atoms with E-state index in [9.17, 15) is 9.59 Å². The molecule has 7 heteroatoms. The Morgan fingerprint density at radius 2 is 1.90 bits per heavy atom. The molecule has 0 radical (unpaired) electrons. The van der Waals surface area contributed by atoms with Crippen LogP contribution in [0.5, 0.6) is 0 Å². The molecule has 0 unspecified atom stereocenters. The van der Waals surface area contributed by atoms with E-state index in [1.54, 1.807) is 0 Å².